The Bertz CT molecular complexity index is 613. The first kappa shape index (κ1) is 22.6. The van der Waals surface area contributed by atoms with Crippen molar-refractivity contribution in [3.05, 3.63) is 29.8 Å². The minimum absolute atomic E-state index is 0. The fraction of sp³-hybridized carbons (Fsp3) is 0.611. The molecule has 0 aliphatic heterocycles. The first-order valence-corrected chi connectivity index (χ1v) is 8.31. The average Bonchev–Trinajstić information content (AvgIpc) is 2.55. The molecule has 1 saturated carbocycles. The van der Waals surface area contributed by atoms with Gasteiger partial charge in [0, 0.05) is 32.0 Å². The Hall–Kier alpha value is -1.44. The summed E-state index contributed by atoms with van der Waals surface area (Å²) in [7, 11) is 1.69. The summed E-state index contributed by atoms with van der Waals surface area (Å²) in [6.45, 7) is 3.87. The van der Waals surface area contributed by atoms with E-state index in [0.29, 0.717) is 19.6 Å². The second kappa shape index (κ2) is 8.50. The van der Waals surface area contributed by atoms with Gasteiger partial charge in [0.2, 0.25) is 5.91 Å². The Kier molecular flexibility index (Phi) is 7.39. The van der Waals surface area contributed by atoms with Crippen molar-refractivity contribution in [2.45, 2.75) is 52.0 Å². The van der Waals surface area contributed by atoms with Crippen molar-refractivity contribution in [3.8, 4) is 5.75 Å². The molecule has 2 unspecified atom stereocenters. The summed E-state index contributed by atoms with van der Waals surface area (Å²) in [5, 5.41) is 0. The van der Waals surface area contributed by atoms with Gasteiger partial charge in [-0.1, -0.05) is 26.0 Å². The number of nitrogens with two attached hydrogens (primary N) is 1. The monoisotopic (exact) mass is 392 g/mol. The Morgan fingerprint density at radius 3 is 2.38 bits per heavy atom. The molecule has 0 radical (unpaired) electrons. The number of ether oxygens (including phenoxy) is 2. The van der Waals surface area contributed by atoms with E-state index in [1.54, 1.807) is 24.1 Å². The minimum atomic E-state index is -2.86. The summed E-state index contributed by atoms with van der Waals surface area (Å²) < 4.78 is 34.3. The zero-order chi connectivity index (χ0) is 18.8. The van der Waals surface area contributed by atoms with Gasteiger partial charge >= 0.3 is 6.61 Å². The van der Waals surface area contributed by atoms with Crippen LogP contribution in [0.25, 0.3) is 0 Å². The van der Waals surface area contributed by atoms with Gasteiger partial charge in [0.05, 0.1) is 6.10 Å². The van der Waals surface area contributed by atoms with Crippen LogP contribution in [0.2, 0.25) is 0 Å². The lowest BCUT2D eigenvalue weighted by Crippen LogP contribution is -2.75. The van der Waals surface area contributed by atoms with Gasteiger partial charge in [-0.05, 0) is 24.6 Å². The van der Waals surface area contributed by atoms with Crippen LogP contribution in [0.5, 0.6) is 5.75 Å². The highest BCUT2D eigenvalue weighted by Gasteiger charge is 2.63. The highest BCUT2D eigenvalue weighted by molar-refractivity contribution is 5.88. The van der Waals surface area contributed by atoms with Crippen LogP contribution in [0, 0.1) is 5.41 Å². The summed E-state index contributed by atoms with van der Waals surface area (Å²) >= 11 is 0. The molecule has 0 heterocycles. The summed E-state index contributed by atoms with van der Waals surface area (Å²) in [5.74, 6) is -0.0657. The Balaban J connectivity index is 0.00000338. The summed E-state index contributed by atoms with van der Waals surface area (Å²) in [6, 6.07) is 6.21. The van der Waals surface area contributed by atoms with Crippen molar-refractivity contribution >= 4 is 18.3 Å². The third kappa shape index (κ3) is 4.27. The summed E-state index contributed by atoms with van der Waals surface area (Å²) in [5.41, 5.74) is 5.78. The van der Waals surface area contributed by atoms with Gasteiger partial charge in [0.1, 0.15) is 11.3 Å². The van der Waals surface area contributed by atoms with E-state index in [1.165, 1.54) is 12.1 Å². The number of carbonyl (C=O) groups is 1. The molecule has 1 aliphatic carbocycles. The molecule has 1 amide bonds. The highest BCUT2D eigenvalue weighted by atomic mass is 35.5. The second-order valence-corrected chi connectivity index (χ2v) is 7.02. The lowest BCUT2D eigenvalue weighted by molar-refractivity contribution is -0.178. The molecule has 8 heteroatoms. The van der Waals surface area contributed by atoms with Crippen LogP contribution in [0.1, 0.15) is 32.8 Å². The fourth-order valence-corrected chi connectivity index (χ4v) is 3.26. The normalized spacial score (nSPS) is 23.8. The van der Waals surface area contributed by atoms with E-state index in [0.717, 1.165) is 5.56 Å². The maximum Gasteiger partial charge on any atom is 0.387 e. The molecule has 2 atom stereocenters. The molecule has 1 fully saturated rings. The molecule has 0 spiro atoms. The quantitative estimate of drug-likeness (QED) is 0.773. The molecule has 5 nitrogen and oxygen atoms in total. The number of rotatable bonds is 7. The number of likely N-dealkylation sites (N-methyl/N-ethyl adjacent to an activating group) is 1. The molecule has 0 saturated heterocycles. The third-order valence-electron chi connectivity index (χ3n) is 5.13. The van der Waals surface area contributed by atoms with Gasteiger partial charge in [-0.3, -0.25) is 4.79 Å². The van der Waals surface area contributed by atoms with Crippen molar-refractivity contribution in [1.29, 1.82) is 0 Å². The van der Waals surface area contributed by atoms with E-state index in [4.69, 9.17) is 10.5 Å². The van der Waals surface area contributed by atoms with Crippen molar-refractivity contribution in [1.82, 2.24) is 4.90 Å². The zero-order valence-electron chi connectivity index (χ0n) is 15.5. The fourth-order valence-electron chi connectivity index (χ4n) is 3.26. The number of nitrogens with zero attached hydrogens (tertiary/aromatic N) is 1. The number of hydrogen-bond acceptors (Lipinski definition) is 4. The second-order valence-electron chi connectivity index (χ2n) is 7.02. The van der Waals surface area contributed by atoms with Gasteiger partial charge in [0.15, 0.2) is 0 Å². The number of hydrogen-bond donors (Lipinski definition) is 1. The first-order valence-electron chi connectivity index (χ1n) is 8.31. The number of carbonyl (C=O) groups excluding carboxylic acids is 1. The standard InChI is InChI=1S/C18H26F2N2O3.ClH/c1-5-24-14-10-18(21,17(14,2)3)15(23)22(4)11-12-6-8-13(9-7-12)25-16(19)20;/h6-9,14,16H,5,10-11,21H2,1-4H3;1H. The third-order valence-corrected chi connectivity index (χ3v) is 5.13. The van der Waals surface area contributed by atoms with E-state index in [2.05, 4.69) is 4.74 Å². The van der Waals surface area contributed by atoms with Crippen LogP contribution < -0.4 is 10.5 Å². The molecule has 0 bridgehead atoms. The number of benzene rings is 1. The number of alkyl halides is 2. The Labute approximate surface area is 159 Å². The van der Waals surface area contributed by atoms with Crippen LogP contribution in [-0.4, -0.2) is 42.7 Å². The predicted octanol–water partition coefficient (Wildman–Crippen LogP) is 3.20. The van der Waals surface area contributed by atoms with Gasteiger partial charge in [-0.2, -0.15) is 8.78 Å². The molecular formula is C18H27ClF2N2O3. The minimum Gasteiger partial charge on any atom is -0.435 e. The maximum atomic E-state index is 12.9. The average molecular weight is 393 g/mol. The molecule has 2 N–H and O–H groups in total. The predicted molar refractivity (Wildman–Crippen MR) is 97.5 cm³/mol. The van der Waals surface area contributed by atoms with Gasteiger partial charge < -0.3 is 20.1 Å². The smallest absolute Gasteiger partial charge is 0.387 e. The topological polar surface area (TPSA) is 64.8 Å². The van der Waals surface area contributed by atoms with Crippen LogP contribution in [0.15, 0.2) is 24.3 Å². The molecule has 1 aromatic carbocycles. The van der Waals surface area contributed by atoms with Crippen LogP contribution in [0.3, 0.4) is 0 Å². The first-order chi connectivity index (χ1) is 11.6. The van der Waals surface area contributed by atoms with E-state index >= 15 is 0 Å². The number of halogens is 3. The van der Waals surface area contributed by atoms with E-state index in [-0.39, 0.29) is 30.2 Å². The van der Waals surface area contributed by atoms with Crippen LogP contribution in [0.4, 0.5) is 8.78 Å². The highest BCUT2D eigenvalue weighted by Crippen LogP contribution is 2.50. The molecule has 2 rings (SSSR count). The summed E-state index contributed by atoms with van der Waals surface area (Å²) in [4.78, 5) is 14.4. The maximum absolute atomic E-state index is 12.9. The summed E-state index contributed by atoms with van der Waals surface area (Å²) in [6.07, 6.45) is 0.448. The Morgan fingerprint density at radius 1 is 1.35 bits per heavy atom. The van der Waals surface area contributed by atoms with E-state index in [9.17, 15) is 13.6 Å². The SMILES string of the molecule is CCOC1CC(N)(C(=O)N(C)Cc2ccc(OC(F)F)cc2)C1(C)C.Cl. The lowest BCUT2D eigenvalue weighted by atomic mass is 9.54. The van der Waals surface area contributed by atoms with E-state index in [1.807, 2.05) is 20.8 Å². The van der Waals surface area contributed by atoms with Crippen molar-refractivity contribution in [2.75, 3.05) is 13.7 Å². The Morgan fingerprint density at radius 2 is 1.92 bits per heavy atom. The van der Waals surface area contributed by atoms with Crippen molar-refractivity contribution in [3.63, 3.8) is 0 Å². The van der Waals surface area contributed by atoms with Gasteiger partial charge in [-0.25, -0.2) is 0 Å². The lowest BCUT2D eigenvalue weighted by Gasteiger charge is -2.58. The molecule has 1 aromatic rings. The van der Waals surface area contributed by atoms with Crippen molar-refractivity contribution in [2.24, 2.45) is 11.1 Å². The number of amides is 1. The van der Waals surface area contributed by atoms with Crippen molar-refractivity contribution < 1.29 is 23.0 Å². The van der Waals surface area contributed by atoms with E-state index < -0.39 is 17.6 Å². The molecule has 0 aromatic heterocycles. The molecule has 148 valence electrons. The van der Waals surface area contributed by atoms with Crippen LogP contribution >= 0.6 is 12.4 Å². The van der Waals surface area contributed by atoms with Gasteiger partial charge in [-0.15, -0.1) is 12.4 Å². The molecule has 1 aliphatic rings. The van der Waals surface area contributed by atoms with Gasteiger partial charge in [0.25, 0.3) is 0 Å². The van der Waals surface area contributed by atoms with Crippen LogP contribution in [-0.2, 0) is 16.1 Å². The molecular weight excluding hydrogens is 366 g/mol. The zero-order valence-corrected chi connectivity index (χ0v) is 16.3. The largest absolute Gasteiger partial charge is 0.435 e. The molecule has 26 heavy (non-hydrogen) atoms.